The fraction of sp³-hybridized carbons (Fsp3) is 0.619. The van der Waals surface area contributed by atoms with Gasteiger partial charge in [0, 0.05) is 6.54 Å². The zero-order valence-electron chi connectivity index (χ0n) is 15.8. The summed E-state index contributed by atoms with van der Waals surface area (Å²) in [5.74, 6) is 0.330. The SMILES string of the molecule is CC[C@H](C)[C@H](N)C(=O)N1C[C@@H]2CCC[C@@H]2[C@H]1C(=O)OCc1ccccc1. The quantitative estimate of drug-likeness (QED) is 0.794. The molecule has 1 saturated carbocycles. The molecule has 5 atom stereocenters. The smallest absolute Gasteiger partial charge is 0.329 e. The highest BCUT2D eigenvalue weighted by Gasteiger charge is 2.51. The lowest BCUT2D eigenvalue weighted by atomic mass is 9.93. The highest BCUT2D eigenvalue weighted by atomic mass is 16.5. The number of esters is 1. The average Bonchev–Trinajstić information content (AvgIpc) is 3.26. The van der Waals surface area contributed by atoms with Gasteiger partial charge < -0.3 is 15.4 Å². The number of amides is 1. The number of carbonyl (C=O) groups excluding carboxylic acids is 2. The Balaban J connectivity index is 1.72. The minimum absolute atomic E-state index is 0.101. The molecule has 5 heteroatoms. The van der Waals surface area contributed by atoms with Gasteiger partial charge in [-0.3, -0.25) is 4.79 Å². The molecule has 2 fully saturated rings. The first kappa shape index (κ1) is 18.9. The van der Waals surface area contributed by atoms with Crippen LogP contribution in [0.15, 0.2) is 30.3 Å². The molecular formula is C21H30N2O3. The maximum atomic E-state index is 13.0. The Labute approximate surface area is 155 Å². The largest absolute Gasteiger partial charge is 0.459 e. The number of hydrogen-bond donors (Lipinski definition) is 1. The first-order valence-electron chi connectivity index (χ1n) is 9.79. The van der Waals surface area contributed by atoms with Gasteiger partial charge >= 0.3 is 5.97 Å². The Hall–Kier alpha value is -1.88. The number of benzene rings is 1. The van der Waals surface area contributed by atoms with E-state index in [0.717, 1.165) is 31.2 Å². The van der Waals surface area contributed by atoms with Gasteiger partial charge in [-0.1, -0.05) is 57.0 Å². The van der Waals surface area contributed by atoms with E-state index in [0.29, 0.717) is 12.5 Å². The Morgan fingerprint density at radius 3 is 2.69 bits per heavy atom. The van der Waals surface area contributed by atoms with E-state index in [2.05, 4.69) is 0 Å². The molecule has 142 valence electrons. The van der Waals surface area contributed by atoms with Crippen molar-refractivity contribution in [1.82, 2.24) is 4.90 Å². The van der Waals surface area contributed by atoms with Crippen LogP contribution in [0.4, 0.5) is 0 Å². The molecule has 1 saturated heterocycles. The van der Waals surface area contributed by atoms with Crippen LogP contribution in [0.3, 0.4) is 0 Å². The molecule has 1 aromatic carbocycles. The Kier molecular flexibility index (Phi) is 5.97. The minimum atomic E-state index is -0.553. The van der Waals surface area contributed by atoms with Crippen LogP contribution in [0.2, 0.25) is 0 Å². The lowest BCUT2D eigenvalue weighted by Gasteiger charge is -2.30. The lowest BCUT2D eigenvalue weighted by molar-refractivity contribution is -0.156. The van der Waals surface area contributed by atoms with Crippen LogP contribution in [0.1, 0.15) is 45.1 Å². The van der Waals surface area contributed by atoms with Crippen molar-refractivity contribution in [2.75, 3.05) is 6.54 Å². The summed E-state index contributed by atoms with van der Waals surface area (Å²) < 4.78 is 5.59. The molecule has 5 nitrogen and oxygen atoms in total. The van der Waals surface area contributed by atoms with E-state index in [-0.39, 0.29) is 30.3 Å². The fourth-order valence-electron chi connectivity index (χ4n) is 4.34. The molecule has 1 aromatic rings. The molecule has 0 bridgehead atoms. The molecule has 3 rings (SSSR count). The number of carbonyl (C=O) groups is 2. The van der Waals surface area contributed by atoms with Gasteiger partial charge in [0.2, 0.25) is 5.91 Å². The van der Waals surface area contributed by atoms with E-state index in [1.807, 2.05) is 44.2 Å². The molecule has 1 heterocycles. The maximum absolute atomic E-state index is 13.0. The summed E-state index contributed by atoms with van der Waals surface area (Å²) in [4.78, 5) is 27.6. The van der Waals surface area contributed by atoms with Gasteiger partial charge in [-0.25, -0.2) is 4.79 Å². The summed E-state index contributed by atoms with van der Waals surface area (Å²) in [5.41, 5.74) is 7.14. The number of rotatable bonds is 6. The van der Waals surface area contributed by atoms with Gasteiger partial charge in [0.05, 0.1) is 6.04 Å². The summed E-state index contributed by atoms with van der Waals surface area (Å²) in [5, 5.41) is 0. The molecule has 2 aliphatic rings. The second kappa shape index (κ2) is 8.21. The number of hydrogen-bond acceptors (Lipinski definition) is 4. The van der Waals surface area contributed by atoms with Gasteiger partial charge in [0.15, 0.2) is 0 Å². The third-order valence-electron chi connectivity index (χ3n) is 6.18. The van der Waals surface area contributed by atoms with E-state index in [9.17, 15) is 9.59 Å². The number of likely N-dealkylation sites (tertiary alicyclic amines) is 1. The van der Waals surface area contributed by atoms with Crippen molar-refractivity contribution in [1.29, 1.82) is 0 Å². The molecular weight excluding hydrogens is 328 g/mol. The molecule has 0 radical (unpaired) electrons. The Morgan fingerprint density at radius 1 is 1.27 bits per heavy atom. The second-order valence-corrected chi connectivity index (χ2v) is 7.79. The molecule has 0 aromatic heterocycles. The second-order valence-electron chi connectivity index (χ2n) is 7.79. The number of fused-ring (bicyclic) bond motifs is 1. The summed E-state index contributed by atoms with van der Waals surface area (Å²) in [7, 11) is 0. The molecule has 0 unspecified atom stereocenters. The van der Waals surface area contributed by atoms with Crippen molar-refractivity contribution in [3.05, 3.63) is 35.9 Å². The first-order chi connectivity index (χ1) is 12.5. The molecule has 1 aliphatic carbocycles. The summed E-state index contributed by atoms with van der Waals surface area (Å²) in [6, 6.07) is 8.61. The minimum Gasteiger partial charge on any atom is -0.459 e. The Morgan fingerprint density at radius 2 is 2.00 bits per heavy atom. The third-order valence-corrected chi connectivity index (χ3v) is 6.18. The highest BCUT2D eigenvalue weighted by Crippen LogP contribution is 2.43. The van der Waals surface area contributed by atoms with Gasteiger partial charge in [-0.2, -0.15) is 0 Å². The van der Waals surface area contributed by atoms with Gasteiger partial charge in [0.1, 0.15) is 12.6 Å². The lowest BCUT2D eigenvalue weighted by Crippen LogP contribution is -2.52. The van der Waals surface area contributed by atoms with Crippen LogP contribution in [-0.4, -0.2) is 35.4 Å². The van der Waals surface area contributed by atoms with Crippen LogP contribution in [-0.2, 0) is 20.9 Å². The zero-order chi connectivity index (χ0) is 18.7. The monoisotopic (exact) mass is 358 g/mol. The molecule has 1 amide bonds. The van der Waals surface area contributed by atoms with Crippen LogP contribution in [0, 0.1) is 17.8 Å². The van der Waals surface area contributed by atoms with Crippen molar-refractivity contribution < 1.29 is 14.3 Å². The molecule has 0 spiro atoms. The van der Waals surface area contributed by atoms with E-state index >= 15 is 0 Å². The fourth-order valence-corrected chi connectivity index (χ4v) is 4.34. The van der Waals surface area contributed by atoms with Crippen molar-refractivity contribution in [3.63, 3.8) is 0 Å². The normalized spacial score (nSPS) is 27.0. The average molecular weight is 358 g/mol. The van der Waals surface area contributed by atoms with Gasteiger partial charge in [-0.05, 0) is 36.2 Å². The zero-order valence-corrected chi connectivity index (χ0v) is 15.8. The van der Waals surface area contributed by atoms with E-state index < -0.39 is 12.1 Å². The van der Waals surface area contributed by atoms with E-state index in [1.165, 1.54) is 0 Å². The maximum Gasteiger partial charge on any atom is 0.329 e. The first-order valence-corrected chi connectivity index (χ1v) is 9.79. The van der Waals surface area contributed by atoms with Crippen molar-refractivity contribution >= 4 is 11.9 Å². The summed E-state index contributed by atoms with van der Waals surface area (Å²) >= 11 is 0. The van der Waals surface area contributed by atoms with E-state index in [1.54, 1.807) is 4.90 Å². The number of ether oxygens (including phenoxy) is 1. The predicted molar refractivity (Wildman–Crippen MR) is 100 cm³/mol. The van der Waals surface area contributed by atoms with Gasteiger partial charge in [0.25, 0.3) is 0 Å². The molecule has 1 aliphatic heterocycles. The molecule has 2 N–H and O–H groups in total. The van der Waals surface area contributed by atoms with Crippen LogP contribution in [0.5, 0.6) is 0 Å². The molecule has 26 heavy (non-hydrogen) atoms. The summed E-state index contributed by atoms with van der Waals surface area (Å²) in [6.07, 6.45) is 4.03. The topological polar surface area (TPSA) is 72.6 Å². The van der Waals surface area contributed by atoms with Crippen molar-refractivity contribution in [2.24, 2.45) is 23.5 Å². The summed E-state index contributed by atoms with van der Waals surface area (Å²) in [6.45, 7) is 4.90. The third kappa shape index (κ3) is 3.78. The predicted octanol–water partition coefficient (Wildman–Crippen LogP) is 2.73. The number of nitrogens with zero attached hydrogens (tertiary/aromatic N) is 1. The highest BCUT2D eigenvalue weighted by molar-refractivity contribution is 5.88. The van der Waals surface area contributed by atoms with E-state index in [4.69, 9.17) is 10.5 Å². The van der Waals surface area contributed by atoms with Crippen molar-refractivity contribution in [3.8, 4) is 0 Å². The van der Waals surface area contributed by atoms with Crippen molar-refractivity contribution in [2.45, 2.75) is 58.2 Å². The van der Waals surface area contributed by atoms with Gasteiger partial charge in [-0.15, -0.1) is 0 Å². The Bertz CT molecular complexity index is 633. The van der Waals surface area contributed by atoms with Crippen LogP contribution >= 0.6 is 0 Å². The van der Waals surface area contributed by atoms with Crippen LogP contribution in [0.25, 0.3) is 0 Å². The number of nitrogens with two attached hydrogens (primary N) is 1. The van der Waals surface area contributed by atoms with Crippen LogP contribution < -0.4 is 5.73 Å². The standard InChI is InChI=1S/C21H30N2O3/c1-3-14(2)18(22)20(24)23-12-16-10-7-11-17(16)19(23)21(25)26-13-15-8-5-4-6-9-15/h4-6,8-9,14,16-19H,3,7,10-13,22H2,1-2H3/t14-,16-,17-,18-,19-/m0/s1.